The van der Waals surface area contributed by atoms with Gasteiger partial charge in [-0.05, 0) is 24.6 Å². The lowest BCUT2D eigenvalue weighted by Crippen LogP contribution is -2.13. The van der Waals surface area contributed by atoms with Crippen LogP contribution in [0.25, 0.3) is 0 Å². The third kappa shape index (κ3) is 3.56. The Morgan fingerprint density at radius 1 is 1.38 bits per heavy atom. The number of rotatable bonds is 5. The Hall–Kier alpha value is -1.53. The molecular formula is C10H15N3O2S. The molecule has 16 heavy (non-hydrogen) atoms. The maximum absolute atomic E-state index is 11.1. The van der Waals surface area contributed by atoms with E-state index in [1.165, 1.54) is 12.1 Å². The predicted octanol–water partition coefficient (Wildman–Crippen LogP) is 0.904. The summed E-state index contributed by atoms with van der Waals surface area (Å²) >= 11 is 0. The van der Waals surface area contributed by atoms with E-state index in [1.54, 1.807) is 12.1 Å². The molecule has 0 aliphatic rings. The molecule has 1 aromatic rings. The van der Waals surface area contributed by atoms with E-state index in [0.717, 1.165) is 6.42 Å². The minimum absolute atomic E-state index is 0.00797. The second kappa shape index (κ2) is 5.00. The first-order chi connectivity index (χ1) is 7.43. The summed E-state index contributed by atoms with van der Waals surface area (Å²) in [5.74, 6) is 0. The molecule has 0 unspecified atom stereocenters. The molecule has 0 atom stereocenters. The number of nitrogens with one attached hydrogen (secondary N) is 1. The van der Waals surface area contributed by atoms with E-state index < -0.39 is 10.0 Å². The number of benzene rings is 1. The van der Waals surface area contributed by atoms with Gasteiger partial charge in [0.15, 0.2) is 0 Å². The molecule has 0 spiro atoms. The van der Waals surface area contributed by atoms with Gasteiger partial charge in [-0.1, -0.05) is 6.08 Å². The largest absolute Gasteiger partial charge is 0.399 e. The Labute approximate surface area is 95.2 Å². The summed E-state index contributed by atoms with van der Waals surface area (Å²) in [5.41, 5.74) is 6.56. The molecule has 0 fully saturated rings. The molecule has 1 aromatic carbocycles. The zero-order chi connectivity index (χ0) is 12.2. The van der Waals surface area contributed by atoms with Gasteiger partial charge in [-0.15, -0.1) is 6.58 Å². The zero-order valence-corrected chi connectivity index (χ0v) is 9.63. The lowest BCUT2D eigenvalue weighted by atomic mass is 10.2. The van der Waals surface area contributed by atoms with Crippen LogP contribution >= 0.6 is 0 Å². The first-order valence-corrected chi connectivity index (χ1v) is 6.26. The van der Waals surface area contributed by atoms with Gasteiger partial charge in [0.2, 0.25) is 10.0 Å². The molecule has 0 radical (unpaired) electrons. The van der Waals surface area contributed by atoms with Crippen LogP contribution in [0.5, 0.6) is 0 Å². The second-order valence-corrected chi connectivity index (χ2v) is 4.90. The van der Waals surface area contributed by atoms with E-state index in [0.29, 0.717) is 17.9 Å². The summed E-state index contributed by atoms with van der Waals surface area (Å²) in [6, 6.07) is 4.43. The van der Waals surface area contributed by atoms with Crippen molar-refractivity contribution in [2.75, 3.05) is 17.6 Å². The van der Waals surface area contributed by atoms with E-state index in [2.05, 4.69) is 11.9 Å². The van der Waals surface area contributed by atoms with Gasteiger partial charge in [0, 0.05) is 17.9 Å². The van der Waals surface area contributed by atoms with Crippen molar-refractivity contribution >= 4 is 21.4 Å². The third-order valence-electron chi connectivity index (χ3n) is 1.93. The SMILES string of the molecule is C=CCCNc1cc(N)cc(S(N)(=O)=O)c1. The van der Waals surface area contributed by atoms with Crippen LogP contribution < -0.4 is 16.2 Å². The number of hydrogen-bond donors (Lipinski definition) is 3. The summed E-state index contributed by atoms with van der Waals surface area (Å²) in [6.45, 7) is 4.25. The summed E-state index contributed by atoms with van der Waals surface area (Å²) < 4.78 is 22.3. The summed E-state index contributed by atoms with van der Waals surface area (Å²) in [6.07, 6.45) is 2.54. The van der Waals surface area contributed by atoms with Crippen molar-refractivity contribution in [2.45, 2.75) is 11.3 Å². The van der Waals surface area contributed by atoms with E-state index in [4.69, 9.17) is 10.9 Å². The van der Waals surface area contributed by atoms with Crippen LogP contribution in [0.3, 0.4) is 0 Å². The molecule has 88 valence electrons. The fourth-order valence-corrected chi connectivity index (χ4v) is 1.80. The highest BCUT2D eigenvalue weighted by atomic mass is 32.2. The summed E-state index contributed by atoms with van der Waals surface area (Å²) in [4.78, 5) is 0.00797. The molecule has 5 N–H and O–H groups in total. The molecule has 0 saturated carbocycles. The van der Waals surface area contributed by atoms with E-state index in [1.807, 2.05) is 0 Å². The minimum Gasteiger partial charge on any atom is -0.399 e. The molecule has 6 heteroatoms. The topological polar surface area (TPSA) is 98.2 Å². The van der Waals surface area contributed by atoms with Gasteiger partial charge in [-0.3, -0.25) is 0 Å². The Balaban J connectivity index is 2.95. The Morgan fingerprint density at radius 2 is 2.06 bits per heavy atom. The van der Waals surface area contributed by atoms with Crippen molar-refractivity contribution < 1.29 is 8.42 Å². The molecule has 0 aliphatic carbocycles. The highest BCUT2D eigenvalue weighted by Crippen LogP contribution is 2.19. The minimum atomic E-state index is -3.72. The van der Waals surface area contributed by atoms with Crippen LogP contribution in [0.1, 0.15) is 6.42 Å². The number of nitrogens with two attached hydrogens (primary N) is 2. The van der Waals surface area contributed by atoms with E-state index in [-0.39, 0.29) is 4.90 Å². The van der Waals surface area contributed by atoms with Gasteiger partial charge in [0.05, 0.1) is 4.90 Å². The molecular weight excluding hydrogens is 226 g/mol. The van der Waals surface area contributed by atoms with Gasteiger partial charge in [0.1, 0.15) is 0 Å². The Kier molecular flexibility index (Phi) is 3.92. The summed E-state index contributed by atoms with van der Waals surface area (Å²) in [7, 11) is -3.72. The zero-order valence-electron chi connectivity index (χ0n) is 8.81. The molecule has 1 rings (SSSR count). The number of hydrogen-bond acceptors (Lipinski definition) is 4. The number of nitrogen functional groups attached to an aromatic ring is 1. The van der Waals surface area contributed by atoms with Crippen LogP contribution in [0, 0.1) is 0 Å². The van der Waals surface area contributed by atoms with Crippen LogP contribution in [-0.2, 0) is 10.0 Å². The van der Waals surface area contributed by atoms with Gasteiger partial charge >= 0.3 is 0 Å². The maximum atomic E-state index is 11.1. The highest BCUT2D eigenvalue weighted by Gasteiger charge is 2.09. The monoisotopic (exact) mass is 241 g/mol. The fourth-order valence-electron chi connectivity index (χ4n) is 1.21. The lowest BCUT2D eigenvalue weighted by Gasteiger charge is -2.08. The van der Waals surface area contributed by atoms with Crippen LogP contribution in [0.2, 0.25) is 0 Å². The molecule has 5 nitrogen and oxygen atoms in total. The average molecular weight is 241 g/mol. The highest BCUT2D eigenvalue weighted by molar-refractivity contribution is 7.89. The van der Waals surface area contributed by atoms with Crippen LogP contribution in [-0.4, -0.2) is 15.0 Å². The quantitative estimate of drug-likeness (QED) is 0.405. The molecule has 0 amide bonds. The van der Waals surface area contributed by atoms with Crippen molar-refractivity contribution in [3.05, 3.63) is 30.9 Å². The van der Waals surface area contributed by atoms with E-state index >= 15 is 0 Å². The number of primary sulfonamides is 1. The van der Waals surface area contributed by atoms with Crippen LogP contribution in [0.4, 0.5) is 11.4 Å². The van der Waals surface area contributed by atoms with Gasteiger partial charge in [-0.2, -0.15) is 0 Å². The second-order valence-electron chi connectivity index (χ2n) is 3.34. The maximum Gasteiger partial charge on any atom is 0.238 e. The number of sulfonamides is 1. The van der Waals surface area contributed by atoms with Gasteiger partial charge in [0.25, 0.3) is 0 Å². The smallest absolute Gasteiger partial charge is 0.238 e. The average Bonchev–Trinajstić information content (AvgIpc) is 2.16. The fraction of sp³-hybridized carbons (Fsp3) is 0.200. The Morgan fingerprint density at radius 3 is 2.62 bits per heavy atom. The van der Waals surface area contributed by atoms with E-state index in [9.17, 15) is 8.42 Å². The van der Waals surface area contributed by atoms with Crippen molar-refractivity contribution in [1.29, 1.82) is 0 Å². The molecule has 0 bridgehead atoms. The van der Waals surface area contributed by atoms with Gasteiger partial charge < -0.3 is 11.1 Å². The third-order valence-corrected chi connectivity index (χ3v) is 2.83. The summed E-state index contributed by atoms with van der Waals surface area (Å²) in [5, 5.41) is 8.05. The predicted molar refractivity (Wildman–Crippen MR) is 65.5 cm³/mol. The molecule has 0 aliphatic heterocycles. The lowest BCUT2D eigenvalue weighted by molar-refractivity contribution is 0.598. The van der Waals surface area contributed by atoms with Crippen molar-refractivity contribution in [3.8, 4) is 0 Å². The van der Waals surface area contributed by atoms with Gasteiger partial charge in [-0.25, -0.2) is 13.6 Å². The molecule has 0 heterocycles. The molecule has 0 aromatic heterocycles. The van der Waals surface area contributed by atoms with Crippen LogP contribution in [0.15, 0.2) is 35.7 Å². The molecule has 0 saturated heterocycles. The van der Waals surface area contributed by atoms with Crippen molar-refractivity contribution in [1.82, 2.24) is 0 Å². The first kappa shape index (κ1) is 12.5. The standard InChI is InChI=1S/C10H15N3O2S/c1-2-3-4-13-9-5-8(11)6-10(7-9)16(12,14)15/h2,5-7,13H,1,3-4,11H2,(H2,12,14,15). The van der Waals surface area contributed by atoms with Crippen molar-refractivity contribution in [2.24, 2.45) is 5.14 Å². The first-order valence-electron chi connectivity index (χ1n) is 4.71. The normalized spacial score (nSPS) is 11.1. The van der Waals surface area contributed by atoms with Crippen molar-refractivity contribution in [3.63, 3.8) is 0 Å². The Bertz CT molecular complexity index is 483. The number of anilines is 2.